The van der Waals surface area contributed by atoms with Crippen molar-refractivity contribution in [3.8, 4) is 0 Å². The van der Waals surface area contributed by atoms with Crippen molar-refractivity contribution in [2.24, 2.45) is 0 Å². The minimum Gasteiger partial charge on any atom is -0.353 e. The SMILES string of the molecule is CO[C@H]1O[C@@H]2COC(CC(C)=O)O[C@H]2[C@@H]2OC(CC(C)=O)O[C@H]12. The highest BCUT2D eigenvalue weighted by atomic mass is 16.8. The van der Waals surface area contributed by atoms with E-state index in [1.54, 1.807) is 0 Å². The fraction of sp³-hybridized carbons (Fsp3) is 0.867. The summed E-state index contributed by atoms with van der Waals surface area (Å²) in [4.78, 5) is 22.6. The van der Waals surface area contributed by atoms with Gasteiger partial charge in [-0.1, -0.05) is 0 Å². The Morgan fingerprint density at radius 3 is 2.17 bits per heavy atom. The molecule has 3 aliphatic heterocycles. The number of fused-ring (bicyclic) bond motifs is 3. The van der Waals surface area contributed by atoms with Crippen molar-refractivity contribution in [3.05, 3.63) is 0 Å². The summed E-state index contributed by atoms with van der Waals surface area (Å²) in [5, 5.41) is 0. The number of Topliss-reactive ketones (excluding diaryl/α,β-unsaturated/α-hetero) is 2. The average molecular weight is 330 g/mol. The summed E-state index contributed by atoms with van der Waals surface area (Å²) in [6.07, 6.45) is -3.25. The quantitative estimate of drug-likeness (QED) is 0.705. The van der Waals surface area contributed by atoms with Gasteiger partial charge in [-0.3, -0.25) is 9.59 Å². The third-order valence-electron chi connectivity index (χ3n) is 4.10. The summed E-state index contributed by atoms with van der Waals surface area (Å²) in [5.74, 6) is -0.0445. The Bertz CT molecular complexity index is 466. The van der Waals surface area contributed by atoms with E-state index in [-0.39, 0.29) is 37.1 Å². The lowest BCUT2D eigenvalue weighted by atomic mass is 9.98. The van der Waals surface area contributed by atoms with Crippen molar-refractivity contribution >= 4 is 11.6 Å². The van der Waals surface area contributed by atoms with Gasteiger partial charge in [0.05, 0.1) is 19.4 Å². The lowest BCUT2D eigenvalue weighted by Gasteiger charge is -2.45. The monoisotopic (exact) mass is 330 g/mol. The van der Waals surface area contributed by atoms with Crippen molar-refractivity contribution in [1.82, 2.24) is 0 Å². The fourth-order valence-electron chi connectivity index (χ4n) is 3.14. The van der Waals surface area contributed by atoms with Gasteiger partial charge in [0.25, 0.3) is 0 Å². The summed E-state index contributed by atoms with van der Waals surface area (Å²) >= 11 is 0. The summed E-state index contributed by atoms with van der Waals surface area (Å²) in [7, 11) is 1.52. The Labute approximate surface area is 134 Å². The molecule has 0 aromatic heterocycles. The molecule has 3 heterocycles. The first-order chi connectivity index (χ1) is 11.0. The molecular weight excluding hydrogens is 308 g/mol. The van der Waals surface area contributed by atoms with Gasteiger partial charge in [0, 0.05) is 7.11 Å². The number of methoxy groups -OCH3 is 1. The van der Waals surface area contributed by atoms with E-state index in [1.165, 1.54) is 21.0 Å². The fourth-order valence-corrected chi connectivity index (χ4v) is 3.14. The van der Waals surface area contributed by atoms with Crippen LogP contribution in [0.2, 0.25) is 0 Å². The molecule has 0 aliphatic carbocycles. The number of carbonyl (C=O) groups excluding carboxylic acids is 2. The average Bonchev–Trinajstić information content (AvgIpc) is 2.88. The third kappa shape index (κ3) is 3.62. The van der Waals surface area contributed by atoms with E-state index in [2.05, 4.69) is 0 Å². The van der Waals surface area contributed by atoms with Crippen molar-refractivity contribution in [3.63, 3.8) is 0 Å². The topological polar surface area (TPSA) is 89.5 Å². The van der Waals surface area contributed by atoms with Crippen LogP contribution in [0.3, 0.4) is 0 Å². The number of ketones is 2. The Kier molecular flexibility index (Phi) is 5.10. The molecule has 8 nitrogen and oxygen atoms in total. The molecular formula is C15H22O8. The first kappa shape index (κ1) is 16.9. The minimum atomic E-state index is -0.639. The highest BCUT2D eigenvalue weighted by molar-refractivity contribution is 5.76. The zero-order valence-corrected chi connectivity index (χ0v) is 13.4. The highest BCUT2D eigenvalue weighted by Crippen LogP contribution is 2.38. The molecule has 3 aliphatic rings. The molecule has 8 heteroatoms. The zero-order chi connectivity index (χ0) is 16.6. The molecule has 3 rings (SSSR count). The van der Waals surface area contributed by atoms with Crippen LogP contribution in [0.4, 0.5) is 0 Å². The summed E-state index contributed by atoms with van der Waals surface area (Å²) in [6.45, 7) is 3.25. The van der Waals surface area contributed by atoms with Gasteiger partial charge in [0.1, 0.15) is 36.0 Å². The van der Waals surface area contributed by atoms with E-state index in [1.807, 2.05) is 0 Å². The molecule has 0 spiro atoms. The Morgan fingerprint density at radius 1 is 0.913 bits per heavy atom. The molecule has 0 radical (unpaired) electrons. The molecule has 7 atom stereocenters. The second-order valence-corrected chi connectivity index (χ2v) is 6.09. The Morgan fingerprint density at radius 2 is 1.52 bits per heavy atom. The van der Waals surface area contributed by atoms with E-state index < -0.39 is 37.2 Å². The van der Waals surface area contributed by atoms with Crippen molar-refractivity contribution in [2.45, 2.75) is 70.0 Å². The van der Waals surface area contributed by atoms with Gasteiger partial charge in [-0.2, -0.15) is 0 Å². The molecule has 23 heavy (non-hydrogen) atoms. The number of ether oxygens (including phenoxy) is 6. The summed E-state index contributed by atoms with van der Waals surface area (Å²) in [5.41, 5.74) is 0. The van der Waals surface area contributed by atoms with E-state index in [0.717, 1.165) is 0 Å². The number of hydrogen-bond donors (Lipinski definition) is 0. The van der Waals surface area contributed by atoms with Crippen molar-refractivity contribution in [1.29, 1.82) is 0 Å². The molecule has 0 aromatic rings. The molecule has 0 bridgehead atoms. The van der Waals surface area contributed by atoms with Gasteiger partial charge in [0.2, 0.25) is 0 Å². The Hall–Kier alpha value is -0.900. The number of rotatable bonds is 5. The maximum atomic E-state index is 11.3. The molecule has 0 N–H and O–H groups in total. The van der Waals surface area contributed by atoms with Crippen LogP contribution in [0.5, 0.6) is 0 Å². The van der Waals surface area contributed by atoms with Gasteiger partial charge in [-0.25, -0.2) is 0 Å². The number of hydrogen-bond acceptors (Lipinski definition) is 8. The van der Waals surface area contributed by atoms with E-state index >= 15 is 0 Å². The van der Waals surface area contributed by atoms with Crippen LogP contribution in [-0.4, -0.2) is 68.6 Å². The largest absolute Gasteiger partial charge is 0.353 e. The molecule has 2 unspecified atom stereocenters. The lowest BCUT2D eigenvalue weighted by Crippen LogP contribution is -2.62. The summed E-state index contributed by atoms with van der Waals surface area (Å²) in [6, 6.07) is 0. The van der Waals surface area contributed by atoms with Crippen LogP contribution in [0.15, 0.2) is 0 Å². The molecule has 3 fully saturated rings. The van der Waals surface area contributed by atoms with Gasteiger partial charge in [-0.05, 0) is 13.8 Å². The maximum Gasteiger partial charge on any atom is 0.186 e. The third-order valence-corrected chi connectivity index (χ3v) is 4.10. The summed E-state index contributed by atoms with van der Waals surface area (Å²) < 4.78 is 34.1. The van der Waals surface area contributed by atoms with Crippen LogP contribution in [0.25, 0.3) is 0 Å². The highest BCUT2D eigenvalue weighted by Gasteiger charge is 2.55. The second-order valence-electron chi connectivity index (χ2n) is 6.09. The second kappa shape index (κ2) is 6.92. The van der Waals surface area contributed by atoms with E-state index in [4.69, 9.17) is 28.4 Å². The van der Waals surface area contributed by atoms with E-state index in [9.17, 15) is 9.59 Å². The first-order valence-electron chi connectivity index (χ1n) is 7.73. The van der Waals surface area contributed by atoms with Crippen LogP contribution >= 0.6 is 0 Å². The van der Waals surface area contributed by atoms with E-state index in [0.29, 0.717) is 0 Å². The maximum absolute atomic E-state index is 11.3. The van der Waals surface area contributed by atoms with Gasteiger partial charge in [0.15, 0.2) is 18.9 Å². The van der Waals surface area contributed by atoms with Crippen LogP contribution in [0.1, 0.15) is 26.7 Å². The lowest BCUT2D eigenvalue weighted by molar-refractivity contribution is -0.339. The van der Waals surface area contributed by atoms with Gasteiger partial charge >= 0.3 is 0 Å². The normalized spacial score (nSPS) is 42.8. The predicted molar refractivity (Wildman–Crippen MR) is 74.4 cm³/mol. The van der Waals surface area contributed by atoms with Crippen molar-refractivity contribution < 1.29 is 38.0 Å². The van der Waals surface area contributed by atoms with Gasteiger partial charge in [-0.15, -0.1) is 0 Å². The van der Waals surface area contributed by atoms with Crippen LogP contribution in [0, 0.1) is 0 Å². The minimum absolute atomic E-state index is 0.0189. The standard InChI is InChI=1S/C15H22O8/c1-7(16)4-10-19-6-9-12(21-10)13-14(15(18-3)20-9)23-11(22-13)5-8(2)17/h9-15H,4-6H2,1-3H3/t9-,10?,11?,12-,13+,14+,15+/m1/s1. The zero-order valence-electron chi connectivity index (χ0n) is 13.4. The smallest absolute Gasteiger partial charge is 0.186 e. The molecule has 3 saturated heterocycles. The molecule has 130 valence electrons. The Balaban J connectivity index is 1.72. The van der Waals surface area contributed by atoms with Crippen LogP contribution in [-0.2, 0) is 38.0 Å². The number of carbonyl (C=O) groups is 2. The first-order valence-corrected chi connectivity index (χ1v) is 7.73. The molecule has 0 amide bonds. The molecule has 0 saturated carbocycles. The van der Waals surface area contributed by atoms with Crippen LogP contribution < -0.4 is 0 Å². The van der Waals surface area contributed by atoms with Crippen molar-refractivity contribution in [2.75, 3.05) is 13.7 Å². The molecule has 0 aromatic carbocycles. The predicted octanol–water partition coefficient (Wildman–Crippen LogP) is 0.168. The van der Waals surface area contributed by atoms with Gasteiger partial charge < -0.3 is 28.4 Å².